The van der Waals surface area contributed by atoms with Crippen LogP contribution < -0.4 is 11.1 Å². The molecule has 0 saturated carbocycles. The average molecular weight is 319 g/mol. The van der Waals surface area contributed by atoms with Gasteiger partial charge in [0, 0.05) is 11.3 Å². The van der Waals surface area contributed by atoms with Crippen LogP contribution in [-0.4, -0.2) is 20.9 Å². The Morgan fingerprint density at radius 2 is 1.58 bits per heavy atom. The number of hydrogen-bond donors (Lipinski definition) is 2. The standard InChI is InChI=1S/C18H17N5O/c1-12(15(19)24)16-21-17(13-8-4-2-5-9-13)23-18(22-16)20-14-10-6-3-7-11-14/h2-12H,1H3,(H2,19,24)(H,20,21,22,23). The number of carbonyl (C=O) groups excluding carboxylic acids is 1. The molecule has 0 bridgehead atoms. The van der Waals surface area contributed by atoms with Gasteiger partial charge in [0.2, 0.25) is 11.9 Å². The predicted molar refractivity (Wildman–Crippen MR) is 92.6 cm³/mol. The Balaban J connectivity index is 2.04. The van der Waals surface area contributed by atoms with Gasteiger partial charge in [-0.2, -0.15) is 9.97 Å². The molecule has 0 fully saturated rings. The van der Waals surface area contributed by atoms with E-state index in [0.29, 0.717) is 17.6 Å². The maximum absolute atomic E-state index is 11.5. The molecule has 0 aliphatic carbocycles. The van der Waals surface area contributed by atoms with Gasteiger partial charge in [-0.05, 0) is 19.1 Å². The Labute approximate surface area is 139 Å². The summed E-state index contributed by atoms with van der Waals surface area (Å²) in [5, 5.41) is 3.13. The number of carbonyl (C=O) groups is 1. The van der Waals surface area contributed by atoms with Gasteiger partial charge in [0.1, 0.15) is 5.82 Å². The third-order valence-corrected chi connectivity index (χ3v) is 3.53. The van der Waals surface area contributed by atoms with Crippen molar-refractivity contribution in [3.63, 3.8) is 0 Å². The van der Waals surface area contributed by atoms with Gasteiger partial charge in [0.05, 0.1) is 5.92 Å². The summed E-state index contributed by atoms with van der Waals surface area (Å²) in [6.45, 7) is 1.68. The van der Waals surface area contributed by atoms with E-state index in [4.69, 9.17) is 5.73 Å². The molecule has 1 unspecified atom stereocenters. The van der Waals surface area contributed by atoms with E-state index in [-0.39, 0.29) is 0 Å². The Kier molecular flexibility index (Phi) is 4.47. The molecule has 2 aromatic carbocycles. The second kappa shape index (κ2) is 6.87. The number of para-hydroxylation sites is 1. The van der Waals surface area contributed by atoms with Crippen molar-refractivity contribution in [2.75, 3.05) is 5.32 Å². The molecule has 3 N–H and O–H groups in total. The molecule has 0 spiro atoms. The maximum atomic E-state index is 11.5. The summed E-state index contributed by atoms with van der Waals surface area (Å²) in [5.41, 5.74) is 7.09. The van der Waals surface area contributed by atoms with E-state index in [1.807, 2.05) is 60.7 Å². The number of aromatic nitrogens is 3. The second-order valence-electron chi connectivity index (χ2n) is 5.32. The highest BCUT2D eigenvalue weighted by Gasteiger charge is 2.18. The van der Waals surface area contributed by atoms with Gasteiger partial charge in [-0.25, -0.2) is 4.98 Å². The van der Waals surface area contributed by atoms with Crippen LogP contribution in [0.25, 0.3) is 11.4 Å². The van der Waals surface area contributed by atoms with Crippen LogP contribution in [0, 0.1) is 0 Å². The van der Waals surface area contributed by atoms with Crippen molar-refractivity contribution in [3.8, 4) is 11.4 Å². The Hall–Kier alpha value is -3.28. The molecule has 24 heavy (non-hydrogen) atoms. The van der Waals surface area contributed by atoms with E-state index in [2.05, 4.69) is 20.3 Å². The number of nitrogens with two attached hydrogens (primary N) is 1. The number of hydrogen-bond acceptors (Lipinski definition) is 5. The first-order chi connectivity index (χ1) is 11.6. The van der Waals surface area contributed by atoms with Crippen molar-refractivity contribution in [1.82, 2.24) is 15.0 Å². The van der Waals surface area contributed by atoms with Crippen molar-refractivity contribution >= 4 is 17.5 Å². The molecule has 1 heterocycles. The molecule has 3 rings (SSSR count). The molecule has 1 atom stereocenters. The SMILES string of the molecule is CC(C(N)=O)c1nc(Nc2ccccc2)nc(-c2ccccc2)n1. The van der Waals surface area contributed by atoms with E-state index < -0.39 is 11.8 Å². The fourth-order valence-corrected chi connectivity index (χ4v) is 2.14. The normalized spacial score (nSPS) is 11.7. The first-order valence-corrected chi connectivity index (χ1v) is 7.56. The lowest BCUT2D eigenvalue weighted by Crippen LogP contribution is -2.21. The van der Waals surface area contributed by atoms with Gasteiger partial charge < -0.3 is 11.1 Å². The van der Waals surface area contributed by atoms with E-state index in [9.17, 15) is 4.79 Å². The van der Waals surface area contributed by atoms with Crippen molar-refractivity contribution in [2.45, 2.75) is 12.8 Å². The lowest BCUT2D eigenvalue weighted by Gasteiger charge is -2.11. The Bertz CT molecular complexity index is 837. The summed E-state index contributed by atoms with van der Waals surface area (Å²) in [4.78, 5) is 24.7. The molecular weight excluding hydrogens is 302 g/mol. The third kappa shape index (κ3) is 3.55. The Morgan fingerprint density at radius 3 is 2.21 bits per heavy atom. The first kappa shape index (κ1) is 15.6. The van der Waals surface area contributed by atoms with Crippen LogP contribution in [0.5, 0.6) is 0 Å². The molecule has 1 amide bonds. The zero-order valence-electron chi connectivity index (χ0n) is 13.2. The van der Waals surface area contributed by atoms with Crippen molar-refractivity contribution in [2.24, 2.45) is 5.73 Å². The lowest BCUT2D eigenvalue weighted by atomic mass is 10.1. The molecule has 6 nitrogen and oxygen atoms in total. The molecule has 0 aliphatic rings. The fourth-order valence-electron chi connectivity index (χ4n) is 2.14. The minimum Gasteiger partial charge on any atom is -0.369 e. The van der Waals surface area contributed by atoms with E-state index in [1.54, 1.807) is 6.92 Å². The number of nitrogens with zero attached hydrogens (tertiary/aromatic N) is 3. The van der Waals surface area contributed by atoms with Crippen molar-refractivity contribution in [3.05, 3.63) is 66.5 Å². The van der Waals surface area contributed by atoms with E-state index >= 15 is 0 Å². The molecule has 120 valence electrons. The van der Waals surface area contributed by atoms with Crippen LogP contribution >= 0.6 is 0 Å². The summed E-state index contributed by atoms with van der Waals surface area (Å²) in [6.07, 6.45) is 0. The quantitative estimate of drug-likeness (QED) is 0.754. The van der Waals surface area contributed by atoms with Crippen LogP contribution in [0.15, 0.2) is 60.7 Å². The summed E-state index contributed by atoms with van der Waals surface area (Å²) < 4.78 is 0. The molecule has 3 aromatic rings. The highest BCUT2D eigenvalue weighted by molar-refractivity contribution is 5.80. The third-order valence-electron chi connectivity index (χ3n) is 3.53. The summed E-state index contributed by atoms with van der Waals surface area (Å²) in [6, 6.07) is 19.1. The van der Waals surface area contributed by atoms with E-state index in [1.165, 1.54) is 0 Å². The molecule has 0 aliphatic heterocycles. The van der Waals surface area contributed by atoms with Crippen LogP contribution in [0.2, 0.25) is 0 Å². The molecule has 0 radical (unpaired) electrons. The minimum atomic E-state index is -0.605. The minimum absolute atomic E-state index is 0.342. The van der Waals surface area contributed by atoms with E-state index in [0.717, 1.165) is 11.3 Å². The maximum Gasteiger partial charge on any atom is 0.231 e. The number of primary amides is 1. The predicted octanol–water partition coefficient (Wildman–Crippen LogP) is 2.87. The van der Waals surface area contributed by atoms with Crippen LogP contribution in [0.1, 0.15) is 18.7 Å². The lowest BCUT2D eigenvalue weighted by molar-refractivity contribution is -0.119. The van der Waals surface area contributed by atoms with Crippen molar-refractivity contribution in [1.29, 1.82) is 0 Å². The Morgan fingerprint density at radius 1 is 0.958 bits per heavy atom. The van der Waals surface area contributed by atoms with Crippen LogP contribution in [0.4, 0.5) is 11.6 Å². The van der Waals surface area contributed by atoms with Crippen LogP contribution in [0.3, 0.4) is 0 Å². The fraction of sp³-hybridized carbons (Fsp3) is 0.111. The number of rotatable bonds is 5. The molecular formula is C18H17N5O. The molecule has 1 aromatic heterocycles. The largest absolute Gasteiger partial charge is 0.369 e. The summed E-state index contributed by atoms with van der Waals surface area (Å²) >= 11 is 0. The van der Waals surface area contributed by atoms with Crippen molar-refractivity contribution < 1.29 is 4.79 Å². The summed E-state index contributed by atoms with van der Waals surface area (Å²) in [5.74, 6) is 0.123. The topological polar surface area (TPSA) is 93.8 Å². The highest BCUT2D eigenvalue weighted by Crippen LogP contribution is 2.21. The second-order valence-corrected chi connectivity index (χ2v) is 5.32. The zero-order valence-corrected chi connectivity index (χ0v) is 13.2. The highest BCUT2D eigenvalue weighted by atomic mass is 16.1. The number of amides is 1. The van der Waals surface area contributed by atoms with Gasteiger partial charge in [-0.15, -0.1) is 0 Å². The zero-order chi connectivity index (χ0) is 16.9. The average Bonchev–Trinajstić information content (AvgIpc) is 2.62. The van der Waals surface area contributed by atoms with Gasteiger partial charge >= 0.3 is 0 Å². The summed E-state index contributed by atoms with van der Waals surface area (Å²) in [7, 11) is 0. The number of benzene rings is 2. The smallest absolute Gasteiger partial charge is 0.231 e. The first-order valence-electron chi connectivity index (χ1n) is 7.56. The monoisotopic (exact) mass is 319 g/mol. The van der Waals surface area contributed by atoms with Gasteiger partial charge in [-0.3, -0.25) is 4.79 Å². The molecule has 0 saturated heterocycles. The van der Waals surface area contributed by atoms with Gasteiger partial charge in [0.25, 0.3) is 0 Å². The number of nitrogens with one attached hydrogen (secondary N) is 1. The van der Waals surface area contributed by atoms with Gasteiger partial charge in [-0.1, -0.05) is 48.5 Å². The number of anilines is 2. The molecule has 6 heteroatoms. The van der Waals surface area contributed by atoms with Crippen LogP contribution in [-0.2, 0) is 4.79 Å². The van der Waals surface area contributed by atoms with Gasteiger partial charge in [0.15, 0.2) is 5.82 Å².